The summed E-state index contributed by atoms with van der Waals surface area (Å²) < 4.78 is 134. The van der Waals surface area contributed by atoms with E-state index in [1.165, 1.54) is 6.92 Å². The van der Waals surface area contributed by atoms with Crippen LogP contribution in [-0.4, -0.2) is 51.7 Å². The van der Waals surface area contributed by atoms with Gasteiger partial charge in [-0.25, -0.2) is 32.2 Å². The van der Waals surface area contributed by atoms with Crippen molar-refractivity contribution in [2.24, 2.45) is 0 Å². The van der Waals surface area contributed by atoms with E-state index >= 15 is 0 Å². The van der Waals surface area contributed by atoms with Gasteiger partial charge in [0.25, 0.3) is 0 Å². The lowest BCUT2D eigenvalue weighted by atomic mass is 10.0. The maximum Gasteiger partial charge on any atom is 0.451 e. The van der Waals surface area contributed by atoms with Crippen molar-refractivity contribution in [3.8, 4) is 11.3 Å². The molecule has 3 atom stereocenters. The summed E-state index contributed by atoms with van der Waals surface area (Å²) in [4.78, 5) is 22.4. The van der Waals surface area contributed by atoms with Crippen LogP contribution >= 0.6 is 0 Å². The molecule has 3 aromatic rings. The number of hydrogen-bond donors (Lipinski definition) is 0. The molecule has 220 valence electrons. The second kappa shape index (κ2) is 11.0. The highest BCUT2D eigenvalue weighted by Gasteiger charge is 2.48. The van der Waals surface area contributed by atoms with Crippen LogP contribution in [0.2, 0.25) is 0 Å². The van der Waals surface area contributed by atoms with Crippen LogP contribution in [-0.2, 0) is 33.6 Å². The summed E-state index contributed by atoms with van der Waals surface area (Å²) in [5.41, 5.74) is -2.14. The maximum absolute atomic E-state index is 14.6. The van der Waals surface area contributed by atoms with Gasteiger partial charge in [0, 0.05) is 30.8 Å². The van der Waals surface area contributed by atoms with Crippen LogP contribution in [0.5, 0.6) is 0 Å². The Morgan fingerprint density at radius 2 is 1.61 bits per heavy atom. The normalized spacial score (nSPS) is 20.4. The number of aryl methyl sites for hydroxylation is 1. The Morgan fingerprint density at radius 3 is 2.17 bits per heavy atom. The molecule has 1 fully saturated rings. The van der Waals surface area contributed by atoms with E-state index in [2.05, 4.69) is 15.0 Å². The summed E-state index contributed by atoms with van der Waals surface area (Å²) in [7, 11) is -4.44. The highest BCUT2D eigenvalue weighted by Crippen LogP contribution is 2.35. The molecule has 0 unspecified atom stereocenters. The molecular formula is C25H20F8N4O3S. The van der Waals surface area contributed by atoms with Gasteiger partial charge in [0.05, 0.1) is 22.7 Å². The van der Waals surface area contributed by atoms with E-state index in [9.17, 15) is 48.3 Å². The Morgan fingerprint density at radius 1 is 1.00 bits per heavy atom. The third-order valence-electron chi connectivity index (χ3n) is 6.48. The zero-order valence-electron chi connectivity index (χ0n) is 20.9. The number of rotatable bonds is 7. The van der Waals surface area contributed by atoms with Crippen LogP contribution in [0.1, 0.15) is 36.8 Å². The molecule has 1 aromatic carbocycles. The van der Waals surface area contributed by atoms with Crippen LogP contribution in [0.25, 0.3) is 11.3 Å². The van der Waals surface area contributed by atoms with Crippen molar-refractivity contribution in [3.05, 3.63) is 71.7 Å². The first kappa shape index (κ1) is 30.4. The first-order valence-electron chi connectivity index (χ1n) is 11.9. The van der Waals surface area contributed by atoms with Gasteiger partial charge in [0.2, 0.25) is 15.8 Å². The Kier molecular flexibility index (Phi) is 8.19. The fourth-order valence-corrected chi connectivity index (χ4v) is 6.24. The minimum absolute atomic E-state index is 0.0913. The number of Topliss-reactive ketones (excluding diaryl/α,β-unsaturated/α-hetero) is 1. The first-order valence-corrected chi connectivity index (χ1v) is 13.4. The lowest BCUT2D eigenvalue weighted by molar-refractivity contribution is -0.145. The number of aromatic nitrogens is 3. The maximum atomic E-state index is 14.6. The van der Waals surface area contributed by atoms with Crippen molar-refractivity contribution < 1.29 is 48.3 Å². The number of benzene rings is 1. The van der Waals surface area contributed by atoms with Crippen molar-refractivity contribution >= 4 is 15.8 Å². The standard InChI is InChI=1S/C25H20F8N4O3S/c1-13-18(27)10-20(37(13)41(39,40)17-5-3-16(26)4-6-17)21(38)7-2-14-8-19(36-22(9-14)24(28,29)30)15-11-34-23(35-12-15)25(31,32)33/h3-6,8-9,11-13,18,20H,2,7,10H2,1H3/t13-,18+,20-/m0/s1. The van der Waals surface area contributed by atoms with Crippen molar-refractivity contribution in [3.63, 3.8) is 0 Å². The average Bonchev–Trinajstić information content (AvgIpc) is 3.21. The van der Waals surface area contributed by atoms with Crippen molar-refractivity contribution in [2.75, 3.05) is 0 Å². The largest absolute Gasteiger partial charge is 0.451 e. The molecule has 1 saturated heterocycles. The molecule has 1 aliphatic heterocycles. The Hall–Kier alpha value is -3.53. The first-order chi connectivity index (χ1) is 19.0. The molecule has 0 amide bonds. The number of halogens is 8. The second-order valence-electron chi connectivity index (χ2n) is 9.30. The van der Waals surface area contributed by atoms with E-state index in [1.807, 2.05) is 0 Å². The van der Waals surface area contributed by atoms with E-state index in [1.54, 1.807) is 0 Å². The van der Waals surface area contributed by atoms with Crippen molar-refractivity contribution in [1.82, 2.24) is 19.3 Å². The summed E-state index contributed by atoms with van der Waals surface area (Å²) in [5.74, 6) is -2.99. The molecule has 4 rings (SSSR count). The molecule has 1 aliphatic rings. The number of sulfonamides is 1. The van der Waals surface area contributed by atoms with Gasteiger partial charge >= 0.3 is 12.4 Å². The molecule has 0 spiro atoms. The number of nitrogens with zero attached hydrogens (tertiary/aromatic N) is 4. The minimum Gasteiger partial charge on any atom is -0.298 e. The van der Waals surface area contributed by atoms with Gasteiger partial charge in [-0.2, -0.15) is 30.6 Å². The SMILES string of the molecule is C[C@H]1[C@H](F)C[C@@H](C(=O)CCc2cc(-c3cnc(C(F)(F)F)nc3)nc(C(F)(F)F)c2)N1S(=O)(=O)c1ccc(F)cc1. The number of carbonyl (C=O) groups excluding carboxylic acids is 1. The summed E-state index contributed by atoms with van der Waals surface area (Å²) >= 11 is 0. The molecule has 3 heterocycles. The molecule has 0 N–H and O–H groups in total. The van der Waals surface area contributed by atoms with Crippen molar-refractivity contribution in [1.29, 1.82) is 0 Å². The third kappa shape index (κ3) is 6.53. The van der Waals surface area contributed by atoms with Gasteiger partial charge in [-0.05, 0) is 55.3 Å². The van der Waals surface area contributed by atoms with Gasteiger partial charge in [0.15, 0.2) is 5.78 Å². The Labute approximate surface area is 228 Å². The summed E-state index contributed by atoms with van der Waals surface area (Å²) in [6.45, 7) is 1.26. The molecular weight excluding hydrogens is 588 g/mol. The minimum atomic E-state index is -4.95. The second-order valence-corrected chi connectivity index (χ2v) is 11.1. The number of hydrogen-bond acceptors (Lipinski definition) is 6. The third-order valence-corrected chi connectivity index (χ3v) is 8.49. The topological polar surface area (TPSA) is 93.1 Å². The molecule has 0 bridgehead atoms. The highest BCUT2D eigenvalue weighted by molar-refractivity contribution is 7.89. The smallest absolute Gasteiger partial charge is 0.298 e. The van der Waals surface area contributed by atoms with Gasteiger partial charge in [0.1, 0.15) is 17.7 Å². The number of alkyl halides is 7. The summed E-state index contributed by atoms with van der Waals surface area (Å²) in [6, 6.07) is 2.74. The Balaban J connectivity index is 1.60. The van der Waals surface area contributed by atoms with Crippen LogP contribution < -0.4 is 0 Å². The molecule has 0 saturated carbocycles. The molecule has 41 heavy (non-hydrogen) atoms. The predicted molar refractivity (Wildman–Crippen MR) is 127 cm³/mol. The van der Waals surface area contributed by atoms with E-state index in [0.29, 0.717) is 22.8 Å². The molecule has 0 radical (unpaired) electrons. The van der Waals surface area contributed by atoms with Crippen LogP contribution in [0, 0.1) is 5.82 Å². The van der Waals surface area contributed by atoms with Gasteiger partial charge in [-0.1, -0.05) is 0 Å². The van der Waals surface area contributed by atoms with E-state index in [0.717, 1.165) is 30.3 Å². The fourth-order valence-electron chi connectivity index (χ4n) is 4.41. The fraction of sp³-hybridized carbons (Fsp3) is 0.360. The zero-order valence-corrected chi connectivity index (χ0v) is 21.7. The van der Waals surface area contributed by atoms with Gasteiger partial charge in [-0.3, -0.25) is 4.79 Å². The van der Waals surface area contributed by atoms with E-state index in [-0.39, 0.29) is 22.4 Å². The molecule has 7 nitrogen and oxygen atoms in total. The van der Waals surface area contributed by atoms with Crippen LogP contribution in [0.3, 0.4) is 0 Å². The number of pyridine rings is 1. The van der Waals surface area contributed by atoms with Gasteiger partial charge in [-0.15, -0.1) is 0 Å². The molecule has 16 heteroatoms. The lowest BCUT2D eigenvalue weighted by Gasteiger charge is -2.26. The van der Waals surface area contributed by atoms with E-state index in [4.69, 9.17) is 0 Å². The highest BCUT2D eigenvalue weighted by atomic mass is 32.2. The van der Waals surface area contributed by atoms with Crippen LogP contribution in [0.15, 0.2) is 53.7 Å². The van der Waals surface area contributed by atoms with Crippen LogP contribution in [0.4, 0.5) is 35.1 Å². The predicted octanol–water partition coefficient (Wildman–Crippen LogP) is 5.41. The average molecular weight is 609 g/mol. The summed E-state index contributed by atoms with van der Waals surface area (Å²) in [6.07, 6.45) is -11.6. The monoisotopic (exact) mass is 608 g/mol. The molecule has 2 aromatic heterocycles. The quantitative estimate of drug-likeness (QED) is 0.334. The van der Waals surface area contributed by atoms with Crippen molar-refractivity contribution in [2.45, 2.75) is 61.7 Å². The number of carbonyl (C=O) groups is 1. The zero-order chi connectivity index (χ0) is 30.3. The van der Waals surface area contributed by atoms with E-state index < -0.39 is 82.3 Å². The number of ketones is 1. The Bertz CT molecular complexity index is 1530. The lowest BCUT2D eigenvalue weighted by Crippen LogP contribution is -2.44. The summed E-state index contributed by atoms with van der Waals surface area (Å²) in [5, 5.41) is 0. The molecule has 0 aliphatic carbocycles. The van der Waals surface area contributed by atoms with Gasteiger partial charge < -0.3 is 0 Å².